The molecule has 1 heterocycles. The average molecular weight is 192 g/mol. The van der Waals surface area contributed by atoms with Gasteiger partial charge in [0.1, 0.15) is 11.5 Å². The number of hydrogen-bond acceptors (Lipinski definition) is 3. The number of ketones is 2. The highest BCUT2D eigenvalue weighted by molar-refractivity contribution is 6.09. The molecule has 0 bridgehead atoms. The van der Waals surface area contributed by atoms with E-state index in [9.17, 15) is 9.59 Å². The second-order valence-electron chi connectivity index (χ2n) is 3.73. The number of Topliss-reactive ketones (excluding diaryl/α,β-unsaturated/α-hetero) is 2. The van der Waals surface area contributed by atoms with Crippen molar-refractivity contribution in [1.29, 1.82) is 0 Å². The van der Waals surface area contributed by atoms with Crippen LogP contribution in [0, 0.1) is 12.8 Å². The molecule has 3 heteroatoms. The van der Waals surface area contributed by atoms with Crippen LogP contribution in [0.3, 0.4) is 0 Å². The van der Waals surface area contributed by atoms with Gasteiger partial charge in [-0.2, -0.15) is 0 Å². The van der Waals surface area contributed by atoms with E-state index >= 15 is 0 Å². The lowest BCUT2D eigenvalue weighted by atomic mass is 10.0. The summed E-state index contributed by atoms with van der Waals surface area (Å²) < 4.78 is 5.01. The molecule has 2 rings (SSSR count). The molecule has 1 aromatic rings. The van der Waals surface area contributed by atoms with E-state index in [1.807, 2.05) is 0 Å². The lowest BCUT2D eigenvalue weighted by Crippen LogP contribution is -2.09. The molecular formula is C11H12O3. The van der Waals surface area contributed by atoms with Gasteiger partial charge in [0.2, 0.25) is 0 Å². The third-order valence-electron chi connectivity index (χ3n) is 2.53. The molecule has 0 amide bonds. The second-order valence-corrected chi connectivity index (χ2v) is 3.73. The molecule has 3 nitrogen and oxygen atoms in total. The topological polar surface area (TPSA) is 47.3 Å². The molecule has 74 valence electrons. The first-order valence-corrected chi connectivity index (χ1v) is 4.78. The van der Waals surface area contributed by atoms with E-state index in [1.54, 1.807) is 13.0 Å². The Balaban J connectivity index is 2.02. The molecule has 0 aliphatic heterocycles. The van der Waals surface area contributed by atoms with Gasteiger partial charge in [0.25, 0.3) is 0 Å². The molecule has 0 radical (unpaired) electrons. The third-order valence-corrected chi connectivity index (χ3v) is 2.53. The number of rotatable bonds is 4. The van der Waals surface area contributed by atoms with Crippen LogP contribution in [0.4, 0.5) is 0 Å². The van der Waals surface area contributed by atoms with E-state index in [-0.39, 0.29) is 23.9 Å². The second kappa shape index (κ2) is 3.40. The van der Waals surface area contributed by atoms with Gasteiger partial charge in [-0.1, -0.05) is 0 Å². The quantitative estimate of drug-likeness (QED) is 0.542. The zero-order valence-electron chi connectivity index (χ0n) is 8.08. The highest BCUT2D eigenvalue weighted by Gasteiger charge is 2.31. The van der Waals surface area contributed by atoms with Crippen LogP contribution in [0.1, 0.15) is 35.4 Å². The van der Waals surface area contributed by atoms with E-state index in [0.717, 1.165) is 12.8 Å². The summed E-state index contributed by atoms with van der Waals surface area (Å²) >= 11 is 0. The number of carbonyl (C=O) groups is 2. The summed E-state index contributed by atoms with van der Waals surface area (Å²) in [6.45, 7) is 1.73. The van der Waals surface area contributed by atoms with Crippen molar-refractivity contribution in [3.63, 3.8) is 0 Å². The van der Waals surface area contributed by atoms with Crippen molar-refractivity contribution < 1.29 is 14.0 Å². The van der Waals surface area contributed by atoms with Crippen molar-refractivity contribution in [1.82, 2.24) is 0 Å². The smallest absolute Gasteiger partial charge is 0.173 e. The van der Waals surface area contributed by atoms with Crippen LogP contribution in [0.25, 0.3) is 0 Å². The van der Waals surface area contributed by atoms with Crippen molar-refractivity contribution in [2.24, 2.45) is 5.92 Å². The van der Waals surface area contributed by atoms with Gasteiger partial charge in [0, 0.05) is 5.92 Å². The summed E-state index contributed by atoms with van der Waals surface area (Å²) in [7, 11) is 0. The van der Waals surface area contributed by atoms with Gasteiger partial charge in [-0.05, 0) is 25.8 Å². The maximum atomic E-state index is 11.6. The SMILES string of the molecule is Cc1occc1C(=O)CC(=O)C1CC1. The first kappa shape index (κ1) is 9.19. The lowest BCUT2D eigenvalue weighted by molar-refractivity contribution is -0.119. The first-order chi connectivity index (χ1) is 6.68. The standard InChI is InChI=1S/C11H12O3/c1-7-9(4-5-14-7)11(13)6-10(12)8-2-3-8/h4-5,8H,2-3,6H2,1H3. The fraction of sp³-hybridized carbons (Fsp3) is 0.455. The Bertz CT molecular complexity index is 372. The Kier molecular flexibility index (Phi) is 2.23. The molecule has 1 aromatic heterocycles. The highest BCUT2D eigenvalue weighted by Crippen LogP contribution is 2.31. The maximum absolute atomic E-state index is 11.6. The summed E-state index contributed by atoms with van der Waals surface area (Å²) in [6.07, 6.45) is 3.42. The molecule has 1 fully saturated rings. The largest absolute Gasteiger partial charge is 0.469 e. The van der Waals surface area contributed by atoms with Crippen LogP contribution < -0.4 is 0 Å². The molecule has 1 aliphatic rings. The van der Waals surface area contributed by atoms with Gasteiger partial charge in [-0.3, -0.25) is 9.59 Å². The normalized spacial score (nSPS) is 15.5. The van der Waals surface area contributed by atoms with E-state index in [4.69, 9.17) is 4.42 Å². The fourth-order valence-corrected chi connectivity index (χ4v) is 1.48. The monoisotopic (exact) mass is 192 g/mol. The summed E-state index contributed by atoms with van der Waals surface area (Å²) in [6, 6.07) is 1.62. The molecule has 0 spiro atoms. The van der Waals surface area contributed by atoms with Crippen molar-refractivity contribution in [3.05, 3.63) is 23.7 Å². The predicted molar refractivity (Wildman–Crippen MR) is 50.1 cm³/mol. The van der Waals surface area contributed by atoms with E-state index in [2.05, 4.69) is 0 Å². The van der Waals surface area contributed by atoms with Crippen LogP contribution >= 0.6 is 0 Å². The summed E-state index contributed by atoms with van der Waals surface area (Å²) in [5.74, 6) is 0.716. The maximum Gasteiger partial charge on any atom is 0.173 e. The van der Waals surface area contributed by atoms with Crippen molar-refractivity contribution in [2.45, 2.75) is 26.2 Å². The summed E-state index contributed by atoms with van der Waals surface area (Å²) in [4.78, 5) is 23.0. The summed E-state index contributed by atoms with van der Waals surface area (Å²) in [5.41, 5.74) is 0.541. The third kappa shape index (κ3) is 1.76. The fourth-order valence-electron chi connectivity index (χ4n) is 1.48. The molecule has 0 unspecified atom stereocenters. The Morgan fingerprint density at radius 2 is 2.21 bits per heavy atom. The summed E-state index contributed by atoms with van der Waals surface area (Å²) in [5, 5.41) is 0. The molecule has 0 N–H and O–H groups in total. The van der Waals surface area contributed by atoms with Gasteiger partial charge >= 0.3 is 0 Å². The minimum atomic E-state index is -0.117. The van der Waals surface area contributed by atoms with Crippen LogP contribution in [-0.4, -0.2) is 11.6 Å². The van der Waals surface area contributed by atoms with Crippen LogP contribution in [-0.2, 0) is 4.79 Å². The Labute approximate surface area is 82.1 Å². The Morgan fingerprint density at radius 1 is 1.50 bits per heavy atom. The molecule has 14 heavy (non-hydrogen) atoms. The number of hydrogen-bond donors (Lipinski definition) is 0. The molecule has 0 saturated heterocycles. The minimum absolute atomic E-state index is 0.0328. The first-order valence-electron chi connectivity index (χ1n) is 4.78. The zero-order chi connectivity index (χ0) is 10.1. The molecule has 1 aliphatic carbocycles. The zero-order valence-corrected chi connectivity index (χ0v) is 8.08. The number of furan rings is 1. The Morgan fingerprint density at radius 3 is 2.71 bits per heavy atom. The highest BCUT2D eigenvalue weighted by atomic mass is 16.3. The molecule has 0 atom stereocenters. The van der Waals surface area contributed by atoms with Crippen LogP contribution in [0.2, 0.25) is 0 Å². The van der Waals surface area contributed by atoms with E-state index in [0.29, 0.717) is 11.3 Å². The van der Waals surface area contributed by atoms with Gasteiger partial charge in [0.05, 0.1) is 18.2 Å². The van der Waals surface area contributed by atoms with Gasteiger partial charge in [-0.25, -0.2) is 0 Å². The van der Waals surface area contributed by atoms with Gasteiger partial charge in [-0.15, -0.1) is 0 Å². The van der Waals surface area contributed by atoms with Crippen LogP contribution in [0.15, 0.2) is 16.7 Å². The van der Waals surface area contributed by atoms with Gasteiger partial charge < -0.3 is 4.42 Å². The predicted octanol–water partition coefficient (Wildman–Crippen LogP) is 2.14. The van der Waals surface area contributed by atoms with E-state index < -0.39 is 0 Å². The Hall–Kier alpha value is -1.38. The molecular weight excluding hydrogens is 180 g/mol. The average Bonchev–Trinajstić information content (AvgIpc) is 2.89. The molecule has 1 saturated carbocycles. The van der Waals surface area contributed by atoms with Crippen molar-refractivity contribution in [3.8, 4) is 0 Å². The number of carbonyl (C=O) groups excluding carboxylic acids is 2. The van der Waals surface area contributed by atoms with Crippen LogP contribution in [0.5, 0.6) is 0 Å². The van der Waals surface area contributed by atoms with Crippen molar-refractivity contribution >= 4 is 11.6 Å². The molecule has 0 aromatic carbocycles. The van der Waals surface area contributed by atoms with Gasteiger partial charge in [0.15, 0.2) is 5.78 Å². The minimum Gasteiger partial charge on any atom is -0.469 e. The number of aryl methyl sites for hydroxylation is 1. The van der Waals surface area contributed by atoms with E-state index in [1.165, 1.54) is 6.26 Å². The van der Waals surface area contributed by atoms with Crippen molar-refractivity contribution in [2.75, 3.05) is 0 Å². The lowest BCUT2D eigenvalue weighted by Gasteiger charge is -1.97.